The molecule has 0 saturated carbocycles. The van der Waals surface area contributed by atoms with E-state index in [0.29, 0.717) is 19.3 Å². The van der Waals surface area contributed by atoms with Crippen molar-refractivity contribution in [2.75, 3.05) is 19.6 Å². The van der Waals surface area contributed by atoms with Crippen LogP contribution in [0.1, 0.15) is 25.3 Å². The van der Waals surface area contributed by atoms with Crippen molar-refractivity contribution in [2.24, 2.45) is 5.41 Å². The minimum atomic E-state index is -0.735. The second-order valence-electron chi connectivity index (χ2n) is 5.84. The molecule has 1 N–H and O–H groups in total. The van der Waals surface area contributed by atoms with E-state index in [1.165, 1.54) is 6.07 Å². The lowest BCUT2D eigenvalue weighted by Crippen LogP contribution is -2.43. The first-order chi connectivity index (χ1) is 9.92. The molecular weight excluding hydrogens is 272 g/mol. The Bertz CT molecular complexity index is 536. The Balaban J connectivity index is 1.91. The predicted octanol–water partition coefficient (Wildman–Crippen LogP) is 2.32. The largest absolute Gasteiger partial charge is 0.481 e. The number of rotatable bonds is 5. The van der Waals surface area contributed by atoms with Gasteiger partial charge in [-0.15, -0.1) is 0 Å². The highest BCUT2D eigenvalue weighted by Crippen LogP contribution is 2.31. The van der Waals surface area contributed by atoms with Crippen molar-refractivity contribution in [3.05, 3.63) is 39.9 Å². The van der Waals surface area contributed by atoms with Gasteiger partial charge in [-0.3, -0.25) is 14.9 Å². The molecule has 1 saturated heterocycles. The average molecular weight is 292 g/mol. The van der Waals surface area contributed by atoms with E-state index in [0.717, 1.165) is 25.2 Å². The zero-order chi connectivity index (χ0) is 15.5. The van der Waals surface area contributed by atoms with E-state index >= 15 is 0 Å². The number of piperidine rings is 1. The zero-order valence-corrected chi connectivity index (χ0v) is 12.1. The number of nitrogens with zero attached hydrogens (tertiary/aromatic N) is 2. The van der Waals surface area contributed by atoms with E-state index in [-0.39, 0.29) is 10.6 Å². The summed E-state index contributed by atoms with van der Waals surface area (Å²) in [6.45, 7) is 3.96. The summed E-state index contributed by atoms with van der Waals surface area (Å²) in [7, 11) is 0. The molecule has 2 rings (SSSR count). The van der Waals surface area contributed by atoms with Gasteiger partial charge in [-0.05, 0) is 39.3 Å². The fourth-order valence-corrected chi connectivity index (χ4v) is 2.66. The molecule has 0 radical (unpaired) electrons. The van der Waals surface area contributed by atoms with Crippen molar-refractivity contribution in [1.82, 2.24) is 4.90 Å². The maximum Gasteiger partial charge on any atom is 0.309 e. The molecule has 6 heteroatoms. The molecule has 0 unspecified atom stereocenters. The standard InChI is InChI=1S/C15H20N2O4/c1-15(14(18)19)7-10-16(11-8-15)9-6-12-4-2-3-5-13(12)17(20)21/h2-5H,6-11H2,1H3,(H,18,19). The van der Waals surface area contributed by atoms with Crippen LogP contribution in [0.4, 0.5) is 5.69 Å². The molecule has 0 aromatic heterocycles. The van der Waals surface area contributed by atoms with Gasteiger partial charge < -0.3 is 10.0 Å². The number of carboxylic acid groups (broad SMARTS) is 1. The zero-order valence-electron chi connectivity index (χ0n) is 12.1. The number of hydrogen-bond acceptors (Lipinski definition) is 4. The molecule has 0 spiro atoms. The highest BCUT2D eigenvalue weighted by Gasteiger charge is 2.36. The monoisotopic (exact) mass is 292 g/mol. The fourth-order valence-electron chi connectivity index (χ4n) is 2.66. The molecule has 1 aromatic rings. The van der Waals surface area contributed by atoms with Crippen molar-refractivity contribution in [2.45, 2.75) is 26.2 Å². The minimum Gasteiger partial charge on any atom is -0.481 e. The molecule has 0 aliphatic carbocycles. The van der Waals surface area contributed by atoms with Crippen LogP contribution in [0.3, 0.4) is 0 Å². The van der Waals surface area contributed by atoms with Gasteiger partial charge in [0, 0.05) is 18.2 Å². The van der Waals surface area contributed by atoms with E-state index in [1.54, 1.807) is 25.1 Å². The van der Waals surface area contributed by atoms with Crippen LogP contribution in [0, 0.1) is 15.5 Å². The van der Waals surface area contributed by atoms with Crippen molar-refractivity contribution in [1.29, 1.82) is 0 Å². The number of carbonyl (C=O) groups is 1. The third kappa shape index (κ3) is 3.58. The molecule has 1 fully saturated rings. The average Bonchev–Trinajstić information content (AvgIpc) is 2.47. The highest BCUT2D eigenvalue weighted by molar-refractivity contribution is 5.74. The summed E-state index contributed by atoms with van der Waals surface area (Å²) in [5.74, 6) is -0.735. The summed E-state index contributed by atoms with van der Waals surface area (Å²) in [5, 5.41) is 20.2. The van der Waals surface area contributed by atoms with E-state index in [4.69, 9.17) is 0 Å². The molecule has 114 valence electrons. The van der Waals surface area contributed by atoms with Crippen molar-refractivity contribution >= 4 is 11.7 Å². The lowest BCUT2D eigenvalue weighted by atomic mass is 9.80. The van der Waals surface area contributed by atoms with E-state index < -0.39 is 11.4 Å². The Morgan fingerprint density at radius 2 is 2.00 bits per heavy atom. The quantitative estimate of drug-likeness (QED) is 0.665. The number of carboxylic acids is 1. The summed E-state index contributed by atoms with van der Waals surface area (Å²) in [6.07, 6.45) is 1.86. The van der Waals surface area contributed by atoms with Crippen molar-refractivity contribution < 1.29 is 14.8 Å². The van der Waals surface area contributed by atoms with Crippen LogP contribution in [-0.2, 0) is 11.2 Å². The van der Waals surface area contributed by atoms with Crippen LogP contribution >= 0.6 is 0 Å². The van der Waals surface area contributed by atoms with Gasteiger partial charge in [-0.25, -0.2) is 0 Å². The third-order valence-electron chi connectivity index (χ3n) is 4.36. The van der Waals surface area contributed by atoms with Crippen molar-refractivity contribution in [3.8, 4) is 0 Å². The Kier molecular flexibility index (Phi) is 4.57. The van der Waals surface area contributed by atoms with E-state index in [1.807, 2.05) is 0 Å². The molecule has 1 aliphatic heterocycles. The molecule has 21 heavy (non-hydrogen) atoms. The van der Waals surface area contributed by atoms with E-state index in [9.17, 15) is 20.0 Å². The molecule has 1 heterocycles. The number of nitro groups is 1. The van der Waals surface area contributed by atoms with Crippen LogP contribution < -0.4 is 0 Å². The normalized spacial score (nSPS) is 18.3. The number of aliphatic carboxylic acids is 1. The number of hydrogen-bond donors (Lipinski definition) is 1. The topological polar surface area (TPSA) is 83.7 Å². The molecule has 0 atom stereocenters. The molecule has 0 bridgehead atoms. The number of likely N-dealkylation sites (tertiary alicyclic amines) is 1. The first-order valence-electron chi connectivity index (χ1n) is 7.10. The van der Waals surface area contributed by atoms with Gasteiger partial charge in [-0.2, -0.15) is 0 Å². The Morgan fingerprint density at radius 1 is 1.38 bits per heavy atom. The van der Waals surface area contributed by atoms with Crippen LogP contribution in [0.15, 0.2) is 24.3 Å². The molecule has 1 aliphatic rings. The van der Waals surface area contributed by atoms with Gasteiger partial charge in [0.1, 0.15) is 0 Å². The SMILES string of the molecule is CC1(C(=O)O)CCN(CCc2ccccc2[N+](=O)[O-])CC1. The second-order valence-corrected chi connectivity index (χ2v) is 5.84. The lowest BCUT2D eigenvalue weighted by Gasteiger charge is -2.36. The maximum absolute atomic E-state index is 11.2. The fraction of sp³-hybridized carbons (Fsp3) is 0.533. The molecule has 6 nitrogen and oxygen atoms in total. The Labute approximate surface area is 123 Å². The van der Waals surface area contributed by atoms with Crippen molar-refractivity contribution in [3.63, 3.8) is 0 Å². The minimum absolute atomic E-state index is 0.157. The van der Waals surface area contributed by atoms with Crippen LogP contribution in [0.25, 0.3) is 0 Å². The maximum atomic E-state index is 11.2. The van der Waals surface area contributed by atoms with Gasteiger partial charge in [0.25, 0.3) is 5.69 Å². The van der Waals surface area contributed by atoms with Crippen LogP contribution in [0.2, 0.25) is 0 Å². The number of para-hydroxylation sites is 1. The predicted molar refractivity (Wildman–Crippen MR) is 78.2 cm³/mol. The van der Waals surface area contributed by atoms with Crippen LogP contribution in [0.5, 0.6) is 0 Å². The van der Waals surface area contributed by atoms with Gasteiger partial charge in [0.2, 0.25) is 0 Å². The Hall–Kier alpha value is -1.95. The summed E-state index contributed by atoms with van der Waals surface area (Å²) in [4.78, 5) is 24.0. The lowest BCUT2D eigenvalue weighted by molar-refractivity contribution is -0.385. The van der Waals surface area contributed by atoms with Gasteiger partial charge in [0.05, 0.1) is 10.3 Å². The molecule has 1 aromatic carbocycles. The van der Waals surface area contributed by atoms with E-state index in [2.05, 4.69) is 4.90 Å². The number of nitro benzene ring substituents is 1. The molecule has 0 amide bonds. The summed E-state index contributed by atoms with van der Waals surface area (Å²) < 4.78 is 0. The van der Waals surface area contributed by atoms with Crippen LogP contribution in [-0.4, -0.2) is 40.5 Å². The smallest absolute Gasteiger partial charge is 0.309 e. The molecular formula is C15H20N2O4. The Morgan fingerprint density at radius 3 is 2.57 bits per heavy atom. The first kappa shape index (κ1) is 15.4. The highest BCUT2D eigenvalue weighted by atomic mass is 16.6. The third-order valence-corrected chi connectivity index (χ3v) is 4.36. The second kappa shape index (κ2) is 6.22. The first-order valence-corrected chi connectivity index (χ1v) is 7.10. The number of benzene rings is 1. The summed E-state index contributed by atoms with van der Waals surface area (Å²) in [5.41, 5.74) is 0.258. The van der Waals surface area contributed by atoms with Gasteiger partial charge in [0.15, 0.2) is 0 Å². The van der Waals surface area contributed by atoms with Gasteiger partial charge >= 0.3 is 5.97 Å². The van der Waals surface area contributed by atoms with Gasteiger partial charge in [-0.1, -0.05) is 18.2 Å². The summed E-state index contributed by atoms with van der Waals surface area (Å²) >= 11 is 0. The summed E-state index contributed by atoms with van der Waals surface area (Å²) in [6, 6.07) is 6.78.